The minimum absolute atomic E-state index is 0.0430. The van der Waals surface area contributed by atoms with E-state index in [1.807, 2.05) is 20.8 Å². The molecule has 8 heteroatoms. The van der Waals surface area contributed by atoms with E-state index >= 15 is 0 Å². The van der Waals surface area contributed by atoms with Crippen LogP contribution >= 0.6 is 15.9 Å². The molecule has 2 amide bonds. The van der Waals surface area contributed by atoms with Gasteiger partial charge in [-0.15, -0.1) is 0 Å². The first-order valence-corrected chi connectivity index (χ1v) is 9.08. The van der Waals surface area contributed by atoms with Gasteiger partial charge in [0.2, 0.25) is 11.9 Å². The summed E-state index contributed by atoms with van der Waals surface area (Å²) in [5.41, 5.74) is 1.14. The normalized spacial score (nSPS) is 20.5. The predicted octanol–water partition coefficient (Wildman–Crippen LogP) is 2.48. The van der Waals surface area contributed by atoms with E-state index in [1.165, 1.54) is 0 Å². The zero-order valence-corrected chi connectivity index (χ0v) is 15.7. The maximum atomic E-state index is 12.2. The zero-order valence-electron chi connectivity index (χ0n) is 14.1. The molecule has 1 unspecified atom stereocenters. The van der Waals surface area contributed by atoms with Gasteiger partial charge in [-0.3, -0.25) is 14.6 Å². The summed E-state index contributed by atoms with van der Waals surface area (Å²) in [6.45, 7) is 6.95. The Hall–Kier alpha value is -1.70. The van der Waals surface area contributed by atoms with E-state index in [-0.39, 0.29) is 17.9 Å². The maximum absolute atomic E-state index is 12.2. The predicted molar refractivity (Wildman–Crippen MR) is 91.8 cm³/mol. The van der Waals surface area contributed by atoms with Gasteiger partial charge in [0.1, 0.15) is 5.60 Å². The summed E-state index contributed by atoms with van der Waals surface area (Å²) < 4.78 is 5.40. The molecule has 1 fully saturated rings. The lowest BCUT2D eigenvalue weighted by atomic mass is 10.2. The van der Waals surface area contributed by atoms with Gasteiger partial charge in [-0.05, 0) is 26.7 Å². The number of hydrogen-bond acceptors (Lipinski definition) is 5. The standard InChI is InChI=1S/C16H21BrN4O3/c1-16(2,3)24-15(23)20-8-11-6-18-14(19-12(11)9-20)21-7-10(5-17)4-13(21)22/h6,10H,4-5,7-9H2,1-3H3. The fourth-order valence-corrected chi connectivity index (χ4v) is 3.24. The van der Waals surface area contributed by atoms with E-state index in [0.717, 1.165) is 16.6 Å². The second-order valence-corrected chi connectivity index (χ2v) is 7.85. The fourth-order valence-electron chi connectivity index (χ4n) is 2.81. The van der Waals surface area contributed by atoms with Crippen LogP contribution in [0.1, 0.15) is 38.4 Å². The van der Waals surface area contributed by atoms with E-state index in [2.05, 4.69) is 25.9 Å². The molecule has 3 heterocycles. The molecule has 0 bridgehead atoms. The molecule has 1 atom stereocenters. The molecular weight excluding hydrogens is 376 g/mol. The molecule has 1 aromatic rings. The minimum Gasteiger partial charge on any atom is -0.444 e. The van der Waals surface area contributed by atoms with E-state index in [1.54, 1.807) is 16.0 Å². The molecule has 0 aliphatic carbocycles. The summed E-state index contributed by atoms with van der Waals surface area (Å²) in [6, 6.07) is 0. The number of carbonyl (C=O) groups excluding carboxylic acids is 2. The van der Waals surface area contributed by atoms with Crippen LogP contribution in [0.25, 0.3) is 0 Å². The highest BCUT2D eigenvalue weighted by Crippen LogP contribution is 2.27. The summed E-state index contributed by atoms with van der Waals surface area (Å²) in [5, 5.41) is 0.784. The third-order valence-electron chi connectivity index (χ3n) is 3.96. The van der Waals surface area contributed by atoms with Crippen molar-refractivity contribution in [2.45, 2.75) is 45.9 Å². The van der Waals surface area contributed by atoms with Crippen molar-refractivity contribution in [3.63, 3.8) is 0 Å². The number of anilines is 1. The third kappa shape index (κ3) is 3.53. The molecule has 0 radical (unpaired) electrons. The highest BCUT2D eigenvalue weighted by atomic mass is 79.9. The van der Waals surface area contributed by atoms with Gasteiger partial charge in [0.05, 0.1) is 18.8 Å². The van der Waals surface area contributed by atoms with Crippen LogP contribution < -0.4 is 4.90 Å². The van der Waals surface area contributed by atoms with Gasteiger partial charge in [-0.25, -0.2) is 14.8 Å². The number of rotatable bonds is 2. The summed E-state index contributed by atoms with van der Waals surface area (Å²) in [5.74, 6) is 0.752. The maximum Gasteiger partial charge on any atom is 0.410 e. The summed E-state index contributed by atoms with van der Waals surface area (Å²) in [4.78, 5) is 36.4. The first-order chi connectivity index (χ1) is 11.3. The summed E-state index contributed by atoms with van der Waals surface area (Å²) >= 11 is 3.42. The lowest BCUT2D eigenvalue weighted by molar-refractivity contribution is -0.117. The largest absolute Gasteiger partial charge is 0.444 e. The molecule has 7 nitrogen and oxygen atoms in total. The SMILES string of the molecule is CC(C)(C)OC(=O)N1Cc2cnc(N3CC(CBr)CC3=O)nc2C1. The average molecular weight is 397 g/mol. The van der Waals surface area contributed by atoms with Gasteiger partial charge in [0.25, 0.3) is 0 Å². The van der Waals surface area contributed by atoms with Crippen molar-refractivity contribution in [1.82, 2.24) is 14.9 Å². The molecule has 0 saturated carbocycles. The monoisotopic (exact) mass is 396 g/mol. The van der Waals surface area contributed by atoms with Crippen LogP contribution in [0.3, 0.4) is 0 Å². The Bertz CT molecular complexity index is 674. The highest BCUT2D eigenvalue weighted by molar-refractivity contribution is 9.09. The van der Waals surface area contributed by atoms with Crippen molar-refractivity contribution in [3.8, 4) is 0 Å². The number of fused-ring (bicyclic) bond motifs is 1. The fraction of sp³-hybridized carbons (Fsp3) is 0.625. The lowest BCUT2D eigenvalue weighted by Gasteiger charge is -2.23. The molecule has 130 valence electrons. The molecule has 0 spiro atoms. The van der Waals surface area contributed by atoms with Crippen LogP contribution in [-0.2, 0) is 22.6 Å². The number of amides is 2. The molecule has 2 aliphatic heterocycles. The Labute approximate surface area is 149 Å². The van der Waals surface area contributed by atoms with Crippen molar-refractivity contribution in [3.05, 3.63) is 17.5 Å². The highest BCUT2D eigenvalue weighted by Gasteiger charge is 2.34. The molecular formula is C16H21BrN4O3. The number of halogens is 1. The number of ether oxygens (including phenoxy) is 1. The Kier molecular flexibility index (Phi) is 4.50. The zero-order chi connectivity index (χ0) is 17.5. The van der Waals surface area contributed by atoms with Gasteiger partial charge in [0.15, 0.2) is 0 Å². The molecule has 1 saturated heterocycles. The number of carbonyl (C=O) groups is 2. The van der Waals surface area contributed by atoms with Gasteiger partial charge >= 0.3 is 6.09 Å². The van der Waals surface area contributed by atoms with E-state index in [4.69, 9.17) is 4.74 Å². The molecule has 24 heavy (non-hydrogen) atoms. The molecule has 2 aliphatic rings. The third-order valence-corrected chi connectivity index (χ3v) is 4.88. The van der Waals surface area contributed by atoms with Gasteiger partial charge in [0, 0.05) is 30.1 Å². The summed E-state index contributed by atoms with van der Waals surface area (Å²) in [6.07, 6.45) is 1.85. The number of hydrogen-bond donors (Lipinski definition) is 0. The second kappa shape index (κ2) is 6.31. The molecule has 0 aromatic carbocycles. The van der Waals surface area contributed by atoms with Crippen molar-refractivity contribution >= 4 is 33.9 Å². The van der Waals surface area contributed by atoms with E-state index < -0.39 is 5.60 Å². The topological polar surface area (TPSA) is 75.6 Å². The molecule has 3 rings (SSSR count). The van der Waals surface area contributed by atoms with Crippen molar-refractivity contribution in [2.24, 2.45) is 5.92 Å². The van der Waals surface area contributed by atoms with Crippen LogP contribution in [0.2, 0.25) is 0 Å². The van der Waals surface area contributed by atoms with Gasteiger partial charge < -0.3 is 4.74 Å². The Morgan fingerprint density at radius 2 is 2.17 bits per heavy atom. The average Bonchev–Trinajstić information content (AvgIpc) is 3.07. The Morgan fingerprint density at radius 3 is 2.79 bits per heavy atom. The molecule has 1 aromatic heterocycles. The van der Waals surface area contributed by atoms with Gasteiger partial charge in [-0.2, -0.15) is 0 Å². The smallest absolute Gasteiger partial charge is 0.410 e. The van der Waals surface area contributed by atoms with Crippen molar-refractivity contribution < 1.29 is 14.3 Å². The number of alkyl halides is 1. The van der Waals surface area contributed by atoms with E-state index in [9.17, 15) is 9.59 Å². The van der Waals surface area contributed by atoms with Crippen LogP contribution in [0.4, 0.5) is 10.7 Å². The Balaban J connectivity index is 1.73. The van der Waals surface area contributed by atoms with Crippen molar-refractivity contribution in [1.29, 1.82) is 0 Å². The molecule has 0 N–H and O–H groups in total. The van der Waals surface area contributed by atoms with Crippen LogP contribution in [0.15, 0.2) is 6.20 Å². The lowest BCUT2D eigenvalue weighted by Crippen LogP contribution is -2.33. The van der Waals surface area contributed by atoms with Crippen LogP contribution in [0.5, 0.6) is 0 Å². The first-order valence-electron chi connectivity index (χ1n) is 7.96. The quantitative estimate of drug-likeness (QED) is 0.717. The van der Waals surface area contributed by atoms with Gasteiger partial charge in [-0.1, -0.05) is 15.9 Å². The number of nitrogens with zero attached hydrogens (tertiary/aromatic N) is 4. The van der Waals surface area contributed by atoms with Crippen molar-refractivity contribution in [2.75, 3.05) is 16.8 Å². The van der Waals surface area contributed by atoms with Crippen LogP contribution in [0, 0.1) is 5.92 Å². The second-order valence-electron chi connectivity index (χ2n) is 7.21. The Morgan fingerprint density at radius 1 is 1.42 bits per heavy atom. The van der Waals surface area contributed by atoms with E-state index in [0.29, 0.717) is 32.0 Å². The first kappa shape index (κ1) is 17.1. The minimum atomic E-state index is -0.532. The summed E-state index contributed by atoms with van der Waals surface area (Å²) in [7, 11) is 0. The number of aromatic nitrogens is 2. The van der Waals surface area contributed by atoms with Crippen LogP contribution in [-0.4, -0.2) is 44.3 Å².